The number of aromatic nitrogens is 1. The van der Waals surface area contributed by atoms with E-state index in [0.29, 0.717) is 41.0 Å². The smallest absolute Gasteiger partial charge is 0.257 e. The number of methoxy groups -OCH3 is 1. The number of pyridine rings is 1. The number of ether oxygens (including phenoxy) is 2. The summed E-state index contributed by atoms with van der Waals surface area (Å²) in [5.74, 6) is 2.36. The van der Waals surface area contributed by atoms with Crippen LogP contribution in [0.4, 0.5) is 4.39 Å². The summed E-state index contributed by atoms with van der Waals surface area (Å²) in [4.78, 5) is 26.8. The Kier molecular flexibility index (Phi) is 5.70. The second-order valence-electron chi connectivity index (χ2n) is 9.88. The second kappa shape index (κ2) is 8.50. The Morgan fingerprint density at radius 3 is 2.47 bits per heavy atom. The van der Waals surface area contributed by atoms with E-state index in [9.17, 15) is 14.0 Å². The van der Waals surface area contributed by atoms with Crippen LogP contribution >= 0.6 is 0 Å². The van der Waals surface area contributed by atoms with Gasteiger partial charge in [0.1, 0.15) is 18.0 Å². The summed E-state index contributed by atoms with van der Waals surface area (Å²) in [5.41, 5.74) is 0.306. The van der Waals surface area contributed by atoms with E-state index in [1.807, 2.05) is 4.57 Å². The molecule has 1 heterocycles. The van der Waals surface area contributed by atoms with Crippen molar-refractivity contribution in [3.63, 3.8) is 0 Å². The first-order valence-corrected chi connectivity index (χ1v) is 11.7. The van der Waals surface area contributed by atoms with Crippen LogP contribution in [0, 0.1) is 17.8 Å². The van der Waals surface area contributed by atoms with Crippen molar-refractivity contribution in [2.45, 2.75) is 50.6 Å². The topological polar surface area (TPSA) is 69.6 Å². The number of fused-ring (bicyclic) bond motifs is 1. The number of carbonyl (C=O) groups is 1. The molecular weight excluding hydrogens is 411 g/mol. The van der Waals surface area contributed by atoms with Gasteiger partial charge in [0.15, 0.2) is 0 Å². The maximum atomic E-state index is 13.4. The summed E-state index contributed by atoms with van der Waals surface area (Å²) in [7, 11) is 1.55. The highest BCUT2D eigenvalue weighted by molar-refractivity contribution is 5.98. The second-order valence-corrected chi connectivity index (χ2v) is 9.88. The van der Waals surface area contributed by atoms with Crippen LogP contribution in [-0.4, -0.2) is 43.0 Å². The molecule has 32 heavy (non-hydrogen) atoms. The van der Waals surface area contributed by atoms with Crippen molar-refractivity contribution >= 4 is 16.8 Å². The zero-order chi connectivity index (χ0) is 22.3. The Balaban J connectivity index is 1.48. The van der Waals surface area contributed by atoms with E-state index in [1.54, 1.807) is 31.5 Å². The molecule has 0 spiro atoms. The molecule has 0 atom stereocenters. The van der Waals surface area contributed by atoms with E-state index in [-0.39, 0.29) is 35.7 Å². The quantitative estimate of drug-likeness (QED) is 0.633. The Morgan fingerprint density at radius 2 is 1.84 bits per heavy atom. The van der Waals surface area contributed by atoms with Gasteiger partial charge in [0.05, 0.1) is 31.2 Å². The van der Waals surface area contributed by atoms with Crippen molar-refractivity contribution in [1.29, 1.82) is 0 Å². The molecule has 2 aromatic rings. The standard InChI is InChI=1S/C25H31FN2O4/c1-31-21-4-2-3-19-22(21)28(6-8-32-7-5-26)15-20(23(19)29)24(30)27-25-12-16-9-17(13-25)11-18(10-16)14-25/h2-4,15-18H,5-14H2,1H3,(H,27,30). The maximum absolute atomic E-state index is 13.4. The molecule has 1 amide bonds. The summed E-state index contributed by atoms with van der Waals surface area (Å²) in [5, 5.41) is 3.75. The molecule has 6 rings (SSSR count). The molecule has 4 aliphatic carbocycles. The lowest BCUT2D eigenvalue weighted by Crippen LogP contribution is -2.60. The van der Waals surface area contributed by atoms with Gasteiger partial charge in [-0.25, -0.2) is 4.39 Å². The molecule has 6 nitrogen and oxygen atoms in total. The lowest BCUT2D eigenvalue weighted by molar-refractivity contribution is -0.0167. The fraction of sp³-hybridized carbons (Fsp3) is 0.600. The first-order chi connectivity index (χ1) is 15.5. The normalized spacial score (nSPS) is 28.2. The van der Waals surface area contributed by atoms with Gasteiger partial charge in [0.2, 0.25) is 5.43 Å². The van der Waals surface area contributed by atoms with Crippen molar-refractivity contribution in [2.75, 3.05) is 27.0 Å². The van der Waals surface area contributed by atoms with Crippen molar-refractivity contribution < 1.29 is 18.7 Å². The Bertz CT molecular complexity index is 1040. The number of nitrogens with zero attached hydrogens (tertiary/aromatic N) is 1. The third-order valence-electron chi connectivity index (χ3n) is 7.64. The maximum Gasteiger partial charge on any atom is 0.257 e. The summed E-state index contributed by atoms with van der Waals surface area (Å²) in [6.07, 6.45) is 8.55. The highest BCUT2D eigenvalue weighted by Crippen LogP contribution is 2.55. The van der Waals surface area contributed by atoms with E-state index in [4.69, 9.17) is 9.47 Å². The van der Waals surface area contributed by atoms with Crippen LogP contribution in [0.15, 0.2) is 29.2 Å². The molecule has 4 bridgehead atoms. The minimum atomic E-state index is -0.549. The van der Waals surface area contributed by atoms with E-state index >= 15 is 0 Å². The number of alkyl halides is 1. The lowest BCUT2D eigenvalue weighted by Gasteiger charge is -2.56. The van der Waals surface area contributed by atoms with E-state index in [1.165, 1.54) is 19.3 Å². The fourth-order valence-corrected chi connectivity index (χ4v) is 6.82. The molecule has 1 N–H and O–H groups in total. The van der Waals surface area contributed by atoms with Crippen molar-refractivity contribution in [1.82, 2.24) is 9.88 Å². The van der Waals surface area contributed by atoms with E-state index in [2.05, 4.69) is 5.32 Å². The van der Waals surface area contributed by atoms with Crippen LogP contribution in [0.25, 0.3) is 10.9 Å². The first kappa shape index (κ1) is 21.4. The van der Waals surface area contributed by atoms with Crippen LogP contribution in [0.1, 0.15) is 48.9 Å². The average molecular weight is 443 g/mol. The van der Waals surface area contributed by atoms with Gasteiger partial charge in [-0.2, -0.15) is 0 Å². The third kappa shape index (κ3) is 3.81. The first-order valence-electron chi connectivity index (χ1n) is 11.7. The molecule has 4 fully saturated rings. The highest BCUT2D eigenvalue weighted by Gasteiger charge is 2.51. The average Bonchev–Trinajstić information content (AvgIpc) is 2.76. The lowest BCUT2D eigenvalue weighted by atomic mass is 9.53. The van der Waals surface area contributed by atoms with Gasteiger partial charge in [-0.3, -0.25) is 9.59 Å². The predicted octanol–water partition coefficient (Wildman–Crippen LogP) is 3.69. The molecule has 7 heteroatoms. The summed E-state index contributed by atoms with van der Waals surface area (Å²) in [6.45, 7) is 0.131. The molecule has 0 unspecified atom stereocenters. The molecule has 4 saturated carbocycles. The monoisotopic (exact) mass is 442 g/mol. The number of para-hydroxylation sites is 1. The van der Waals surface area contributed by atoms with E-state index in [0.717, 1.165) is 19.3 Å². The van der Waals surface area contributed by atoms with Crippen LogP contribution < -0.4 is 15.5 Å². The highest BCUT2D eigenvalue weighted by atomic mass is 19.1. The van der Waals surface area contributed by atoms with Gasteiger partial charge in [-0.05, 0) is 68.4 Å². The predicted molar refractivity (Wildman–Crippen MR) is 120 cm³/mol. The van der Waals surface area contributed by atoms with Crippen LogP contribution in [0.3, 0.4) is 0 Å². The molecule has 4 aliphatic rings. The number of hydrogen-bond donors (Lipinski definition) is 1. The zero-order valence-corrected chi connectivity index (χ0v) is 18.6. The van der Waals surface area contributed by atoms with Gasteiger partial charge in [0.25, 0.3) is 5.91 Å². The molecule has 0 saturated heterocycles. The van der Waals surface area contributed by atoms with Crippen LogP contribution in [-0.2, 0) is 11.3 Å². The molecule has 0 radical (unpaired) electrons. The number of carbonyl (C=O) groups excluding carboxylic acids is 1. The molecule has 172 valence electrons. The number of rotatable bonds is 8. The van der Waals surface area contributed by atoms with Crippen LogP contribution in [0.2, 0.25) is 0 Å². The summed E-state index contributed by atoms with van der Waals surface area (Å²) < 4.78 is 25.0. The molecule has 0 aliphatic heterocycles. The number of hydrogen-bond acceptors (Lipinski definition) is 4. The number of amides is 1. The summed E-state index contributed by atoms with van der Waals surface area (Å²) >= 11 is 0. The van der Waals surface area contributed by atoms with Crippen LogP contribution in [0.5, 0.6) is 5.75 Å². The van der Waals surface area contributed by atoms with Crippen molar-refractivity contribution in [2.24, 2.45) is 17.8 Å². The Labute approximate surface area is 187 Å². The third-order valence-corrected chi connectivity index (χ3v) is 7.64. The Hall–Kier alpha value is -2.41. The number of nitrogens with one attached hydrogen (secondary N) is 1. The SMILES string of the molecule is COc1cccc2c(=O)c(C(=O)NC34CC5CC(CC(C5)C3)C4)cn(CCOCCF)c12. The molecular formula is C25H31FN2O4. The number of halogens is 1. The van der Waals surface area contributed by atoms with Gasteiger partial charge in [0, 0.05) is 18.3 Å². The van der Waals surface area contributed by atoms with Gasteiger partial charge in [-0.15, -0.1) is 0 Å². The molecule has 1 aromatic heterocycles. The molecule has 1 aromatic carbocycles. The van der Waals surface area contributed by atoms with E-state index < -0.39 is 6.67 Å². The van der Waals surface area contributed by atoms with Gasteiger partial charge < -0.3 is 19.4 Å². The van der Waals surface area contributed by atoms with Gasteiger partial charge in [-0.1, -0.05) is 6.07 Å². The Morgan fingerprint density at radius 1 is 1.16 bits per heavy atom. The fourth-order valence-electron chi connectivity index (χ4n) is 6.82. The zero-order valence-electron chi connectivity index (χ0n) is 18.6. The summed E-state index contributed by atoms with van der Waals surface area (Å²) in [6, 6.07) is 5.27. The minimum Gasteiger partial charge on any atom is -0.495 e. The van der Waals surface area contributed by atoms with Crippen molar-refractivity contribution in [3.8, 4) is 5.75 Å². The minimum absolute atomic E-state index is 0.0225. The van der Waals surface area contributed by atoms with Crippen molar-refractivity contribution in [3.05, 3.63) is 40.2 Å². The van der Waals surface area contributed by atoms with Gasteiger partial charge >= 0.3 is 0 Å². The number of benzene rings is 1. The largest absolute Gasteiger partial charge is 0.495 e.